The molecule has 8 N–H and O–H groups in total. The van der Waals surface area contributed by atoms with Gasteiger partial charge < -0.3 is 37.0 Å². The lowest BCUT2D eigenvalue weighted by Gasteiger charge is -2.23. The van der Waals surface area contributed by atoms with Crippen molar-refractivity contribution in [3.8, 4) is 5.75 Å². The van der Waals surface area contributed by atoms with Crippen molar-refractivity contribution in [2.75, 3.05) is 13.2 Å². The molecule has 3 atom stereocenters. The third-order valence-electron chi connectivity index (χ3n) is 4.87. The number of aliphatic carboxylic acids is 1. The Morgan fingerprint density at radius 2 is 1.38 bits per heavy atom. The first kappa shape index (κ1) is 26.3. The molecule has 0 spiro atoms. The summed E-state index contributed by atoms with van der Waals surface area (Å²) in [6.07, 6.45) is 0.185. The van der Waals surface area contributed by atoms with Crippen LogP contribution in [0.4, 0.5) is 0 Å². The van der Waals surface area contributed by atoms with E-state index in [0.29, 0.717) is 5.56 Å². The number of nitrogens with two attached hydrogens (primary N) is 1. The predicted octanol–water partition coefficient (Wildman–Crippen LogP) is -1.33. The maximum atomic E-state index is 12.7. The summed E-state index contributed by atoms with van der Waals surface area (Å²) in [6.45, 7) is -1.41. The maximum absolute atomic E-state index is 12.7. The SMILES string of the molecule is NC(Cc1ccccc1)C(=O)NC(CO)C(=O)NC(Cc1ccc(O)cc1)C(=O)NCC(=O)O. The molecule has 2 aromatic carbocycles. The van der Waals surface area contributed by atoms with Crippen LogP contribution >= 0.6 is 0 Å². The molecule has 0 heterocycles. The second kappa shape index (κ2) is 12.9. The van der Waals surface area contributed by atoms with Crippen molar-refractivity contribution < 1.29 is 34.5 Å². The molecule has 0 radical (unpaired) electrons. The molecule has 0 bridgehead atoms. The van der Waals surface area contributed by atoms with E-state index >= 15 is 0 Å². The molecule has 34 heavy (non-hydrogen) atoms. The highest BCUT2D eigenvalue weighted by Gasteiger charge is 2.28. The van der Waals surface area contributed by atoms with Gasteiger partial charge in [-0.15, -0.1) is 0 Å². The van der Waals surface area contributed by atoms with E-state index in [1.807, 2.05) is 6.07 Å². The summed E-state index contributed by atoms with van der Waals surface area (Å²) in [4.78, 5) is 48.5. The van der Waals surface area contributed by atoms with E-state index in [2.05, 4.69) is 16.0 Å². The fraction of sp³-hybridized carbons (Fsp3) is 0.304. The number of carbonyl (C=O) groups is 4. The number of hydrogen-bond donors (Lipinski definition) is 7. The highest BCUT2D eigenvalue weighted by atomic mass is 16.4. The Labute approximate surface area is 196 Å². The second-order valence-electron chi connectivity index (χ2n) is 7.58. The molecule has 0 aliphatic carbocycles. The summed E-state index contributed by atoms with van der Waals surface area (Å²) in [6, 6.07) is 11.3. The van der Waals surface area contributed by atoms with E-state index in [9.17, 15) is 29.4 Å². The van der Waals surface area contributed by atoms with Gasteiger partial charge in [0.05, 0.1) is 12.6 Å². The largest absolute Gasteiger partial charge is 0.508 e. The van der Waals surface area contributed by atoms with Crippen LogP contribution in [-0.2, 0) is 32.0 Å². The van der Waals surface area contributed by atoms with Gasteiger partial charge in [0.25, 0.3) is 0 Å². The molecule has 182 valence electrons. The van der Waals surface area contributed by atoms with Crippen molar-refractivity contribution in [2.45, 2.75) is 31.0 Å². The van der Waals surface area contributed by atoms with Crippen molar-refractivity contribution in [2.24, 2.45) is 5.73 Å². The first-order valence-corrected chi connectivity index (χ1v) is 10.5. The Bertz CT molecular complexity index is 983. The number of aliphatic hydroxyl groups is 1. The van der Waals surface area contributed by atoms with Crippen molar-refractivity contribution in [1.82, 2.24) is 16.0 Å². The number of aromatic hydroxyl groups is 1. The molecule has 0 aliphatic rings. The average molecular weight is 472 g/mol. The van der Waals surface area contributed by atoms with Crippen LogP contribution in [0.3, 0.4) is 0 Å². The zero-order valence-corrected chi connectivity index (χ0v) is 18.3. The van der Waals surface area contributed by atoms with Gasteiger partial charge in [-0.3, -0.25) is 19.2 Å². The predicted molar refractivity (Wildman–Crippen MR) is 122 cm³/mol. The number of phenolic OH excluding ortho intramolecular Hbond substituents is 1. The van der Waals surface area contributed by atoms with E-state index < -0.39 is 55.0 Å². The van der Waals surface area contributed by atoms with Gasteiger partial charge in [-0.05, 0) is 29.7 Å². The Morgan fingerprint density at radius 3 is 1.97 bits per heavy atom. The molecule has 0 saturated carbocycles. The van der Waals surface area contributed by atoms with Gasteiger partial charge in [0, 0.05) is 6.42 Å². The number of benzene rings is 2. The Morgan fingerprint density at radius 1 is 0.794 bits per heavy atom. The molecule has 0 aliphatic heterocycles. The number of rotatable bonds is 12. The monoisotopic (exact) mass is 472 g/mol. The zero-order valence-electron chi connectivity index (χ0n) is 18.3. The van der Waals surface area contributed by atoms with Gasteiger partial charge in [-0.1, -0.05) is 42.5 Å². The fourth-order valence-electron chi connectivity index (χ4n) is 3.07. The van der Waals surface area contributed by atoms with Gasteiger partial charge in [0.1, 0.15) is 24.4 Å². The topological polar surface area (TPSA) is 191 Å². The van der Waals surface area contributed by atoms with E-state index in [-0.39, 0.29) is 18.6 Å². The summed E-state index contributed by atoms with van der Waals surface area (Å²) in [5, 5.41) is 34.9. The normalized spacial score (nSPS) is 13.2. The van der Waals surface area contributed by atoms with E-state index in [1.165, 1.54) is 24.3 Å². The van der Waals surface area contributed by atoms with Crippen molar-refractivity contribution >= 4 is 23.7 Å². The van der Waals surface area contributed by atoms with Gasteiger partial charge >= 0.3 is 5.97 Å². The molecule has 11 nitrogen and oxygen atoms in total. The molecule has 2 aromatic rings. The highest BCUT2D eigenvalue weighted by Crippen LogP contribution is 2.11. The van der Waals surface area contributed by atoms with Crippen molar-refractivity contribution in [3.05, 3.63) is 65.7 Å². The number of amides is 3. The average Bonchev–Trinajstić information content (AvgIpc) is 2.82. The molecule has 3 amide bonds. The van der Waals surface area contributed by atoms with Crippen molar-refractivity contribution in [1.29, 1.82) is 0 Å². The molecular weight excluding hydrogens is 444 g/mol. The van der Waals surface area contributed by atoms with E-state index in [4.69, 9.17) is 10.8 Å². The highest BCUT2D eigenvalue weighted by molar-refractivity contribution is 5.94. The quantitative estimate of drug-likeness (QED) is 0.197. The minimum Gasteiger partial charge on any atom is -0.508 e. The minimum absolute atomic E-state index is 0.00885. The number of carboxylic acids is 1. The fourth-order valence-corrected chi connectivity index (χ4v) is 3.07. The second-order valence-corrected chi connectivity index (χ2v) is 7.58. The molecule has 0 fully saturated rings. The number of phenols is 1. The summed E-state index contributed by atoms with van der Waals surface area (Å²) >= 11 is 0. The van der Waals surface area contributed by atoms with Crippen LogP contribution < -0.4 is 21.7 Å². The van der Waals surface area contributed by atoms with Gasteiger partial charge in [0.2, 0.25) is 17.7 Å². The number of nitrogens with one attached hydrogen (secondary N) is 3. The molecule has 3 unspecified atom stereocenters. The van der Waals surface area contributed by atoms with E-state index in [0.717, 1.165) is 5.56 Å². The van der Waals surface area contributed by atoms with Crippen LogP contribution in [-0.4, -0.2) is 70.3 Å². The molecule has 2 rings (SSSR count). The number of hydrogen-bond acceptors (Lipinski definition) is 7. The van der Waals surface area contributed by atoms with Gasteiger partial charge in [-0.2, -0.15) is 0 Å². The Balaban J connectivity index is 2.05. The minimum atomic E-state index is -1.39. The third kappa shape index (κ3) is 8.52. The smallest absolute Gasteiger partial charge is 0.322 e. The van der Waals surface area contributed by atoms with Gasteiger partial charge in [0.15, 0.2) is 0 Å². The zero-order chi connectivity index (χ0) is 25.1. The first-order chi connectivity index (χ1) is 16.2. The van der Waals surface area contributed by atoms with Crippen LogP contribution in [0.2, 0.25) is 0 Å². The number of aliphatic hydroxyl groups excluding tert-OH is 1. The van der Waals surface area contributed by atoms with Crippen LogP contribution in [0.15, 0.2) is 54.6 Å². The molecular formula is C23H28N4O7. The Kier molecular flexibility index (Phi) is 9.99. The lowest BCUT2D eigenvalue weighted by atomic mass is 10.0. The lowest BCUT2D eigenvalue weighted by molar-refractivity contribution is -0.138. The first-order valence-electron chi connectivity index (χ1n) is 10.5. The standard InChI is InChI=1S/C23H28N4O7/c24-17(10-14-4-2-1-3-5-14)21(32)27-19(13-28)23(34)26-18(22(33)25-12-20(30)31)11-15-6-8-16(29)9-7-15/h1-9,17-19,28-29H,10-13,24H2,(H,25,33)(H,26,34)(H,27,32)(H,30,31). The summed E-state index contributed by atoms with van der Waals surface area (Å²) in [7, 11) is 0. The van der Waals surface area contributed by atoms with Gasteiger partial charge in [-0.25, -0.2) is 0 Å². The van der Waals surface area contributed by atoms with Crippen LogP contribution in [0, 0.1) is 0 Å². The maximum Gasteiger partial charge on any atom is 0.322 e. The summed E-state index contributed by atoms with van der Waals surface area (Å²) in [5.74, 6) is -3.54. The van der Waals surface area contributed by atoms with Crippen LogP contribution in [0.1, 0.15) is 11.1 Å². The number of carboxylic acid groups (broad SMARTS) is 1. The summed E-state index contributed by atoms with van der Waals surface area (Å²) in [5.41, 5.74) is 7.31. The Hall–Kier alpha value is -3.96. The molecule has 11 heteroatoms. The third-order valence-corrected chi connectivity index (χ3v) is 4.87. The molecule has 0 aromatic heterocycles. The van der Waals surface area contributed by atoms with E-state index in [1.54, 1.807) is 24.3 Å². The van der Waals surface area contributed by atoms with Crippen LogP contribution in [0.5, 0.6) is 5.75 Å². The lowest BCUT2D eigenvalue weighted by Crippen LogP contribution is -2.57. The molecule has 0 saturated heterocycles. The number of carbonyl (C=O) groups excluding carboxylic acids is 3. The van der Waals surface area contributed by atoms with Crippen molar-refractivity contribution in [3.63, 3.8) is 0 Å². The van der Waals surface area contributed by atoms with Crippen LogP contribution in [0.25, 0.3) is 0 Å². The summed E-state index contributed by atoms with van der Waals surface area (Å²) < 4.78 is 0.